The standard InChI is InChI=1S/C46H51BN2/c1-30-19-21-40-38(23-30)47-39-24-31(2)20-22-41(39)49(37-28-34(45(3,4)5)27-35(29-37)46(6,7)8)43-26-33(32-15-11-9-12-16-32)25-42(44(43)47)48(40)36-17-13-10-14-18-36/h10,13-14,17-29,32H,9,11-12,15-16H2,1-8H3. The number of benzene rings is 5. The van der Waals surface area contributed by atoms with Crippen molar-refractivity contribution in [1.29, 1.82) is 0 Å². The molecule has 49 heavy (non-hydrogen) atoms. The number of anilines is 6. The molecule has 2 heterocycles. The number of hydrogen-bond acceptors (Lipinski definition) is 2. The molecule has 1 fully saturated rings. The molecule has 5 aromatic carbocycles. The maximum Gasteiger partial charge on any atom is 0.252 e. The smallest absolute Gasteiger partial charge is 0.252 e. The van der Waals surface area contributed by atoms with Crippen LogP contribution in [-0.2, 0) is 10.8 Å². The predicted octanol–water partition coefficient (Wildman–Crippen LogP) is 11.0. The Balaban J connectivity index is 1.49. The van der Waals surface area contributed by atoms with Gasteiger partial charge in [-0.15, -0.1) is 0 Å². The fourth-order valence-corrected chi connectivity index (χ4v) is 8.68. The second kappa shape index (κ2) is 11.7. The third-order valence-corrected chi connectivity index (χ3v) is 11.4. The third-order valence-electron chi connectivity index (χ3n) is 11.4. The summed E-state index contributed by atoms with van der Waals surface area (Å²) < 4.78 is 0. The van der Waals surface area contributed by atoms with E-state index in [1.165, 1.54) is 110 Å². The Morgan fingerprint density at radius 3 is 1.55 bits per heavy atom. The summed E-state index contributed by atoms with van der Waals surface area (Å²) in [6, 6.07) is 38.0. The van der Waals surface area contributed by atoms with Crippen molar-refractivity contribution in [3.8, 4) is 0 Å². The van der Waals surface area contributed by atoms with Gasteiger partial charge in [-0.1, -0.05) is 120 Å². The van der Waals surface area contributed by atoms with Gasteiger partial charge in [-0.2, -0.15) is 0 Å². The zero-order valence-electron chi connectivity index (χ0n) is 30.8. The normalized spacial score (nSPS) is 16.0. The van der Waals surface area contributed by atoms with E-state index in [9.17, 15) is 0 Å². The number of para-hydroxylation sites is 1. The van der Waals surface area contributed by atoms with Gasteiger partial charge in [0.25, 0.3) is 6.71 Å². The minimum Gasteiger partial charge on any atom is -0.311 e. The molecule has 248 valence electrons. The lowest BCUT2D eigenvalue weighted by molar-refractivity contribution is 0.444. The van der Waals surface area contributed by atoms with Crippen LogP contribution in [0.1, 0.15) is 107 Å². The van der Waals surface area contributed by atoms with Crippen molar-refractivity contribution in [2.45, 2.75) is 104 Å². The Kier molecular flexibility index (Phi) is 7.63. The van der Waals surface area contributed by atoms with E-state index in [1.807, 2.05) is 0 Å². The van der Waals surface area contributed by atoms with Crippen LogP contribution in [0, 0.1) is 13.8 Å². The van der Waals surface area contributed by atoms with Crippen molar-refractivity contribution >= 4 is 57.2 Å². The van der Waals surface area contributed by atoms with Crippen LogP contribution in [0.4, 0.5) is 34.1 Å². The second-order valence-electron chi connectivity index (χ2n) is 17.1. The first kappa shape index (κ1) is 32.0. The lowest BCUT2D eigenvalue weighted by atomic mass is 9.33. The van der Waals surface area contributed by atoms with E-state index in [4.69, 9.17) is 0 Å². The van der Waals surface area contributed by atoms with Gasteiger partial charge in [0.05, 0.1) is 0 Å². The number of nitrogens with zero attached hydrogens (tertiary/aromatic N) is 2. The maximum atomic E-state index is 2.64. The van der Waals surface area contributed by atoms with Gasteiger partial charge in [0.1, 0.15) is 0 Å². The van der Waals surface area contributed by atoms with Gasteiger partial charge >= 0.3 is 0 Å². The number of aryl methyl sites for hydroxylation is 2. The number of hydrogen-bond donors (Lipinski definition) is 0. The highest BCUT2D eigenvalue weighted by Gasteiger charge is 2.44. The van der Waals surface area contributed by atoms with Gasteiger partial charge in [0.15, 0.2) is 0 Å². The molecule has 3 heteroatoms. The zero-order chi connectivity index (χ0) is 34.2. The molecule has 0 radical (unpaired) electrons. The summed E-state index contributed by atoms with van der Waals surface area (Å²) in [6.07, 6.45) is 6.53. The number of fused-ring (bicyclic) bond motifs is 4. The SMILES string of the molecule is Cc1ccc2c(c1)B1c3cc(C)ccc3N(c3cc(C(C)(C)C)cc(C(C)(C)C)c3)c3cc(C4CCCCC4)cc(c31)N2c1ccccc1. The molecule has 0 aromatic heterocycles. The van der Waals surface area contributed by atoms with Crippen LogP contribution in [-0.4, -0.2) is 6.71 Å². The molecule has 0 atom stereocenters. The van der Waals surface area contributed by atoms with Crippen molar-refractivity contribution in [2.75, 3.05) is 9.80 Å². The molecule has 0 N–H and O–H groups in total. The summed E-state index contributed by atoms with van der Waals surface area (Å²) in [5.41, 5.74) is 18.9. The molecule has 5 aromatic rings. The number of rotatable bonds is 3. The summed E-state index contributed by atoms with van der Waals surface area (Å²) in [5.74, 6) is 0.582. The Labute approximate surface area is 295 Å². The Hall–Kier alpha value is -4.24. The van der Waals surface area contributed by atoms with Crippen molar-refractivity contribution in [3.05, 3.63) is 125 Å². The van der Waals surface area contributed by atoms with Gasteiger partial charge in [-0.3, -0.25) is 0 Å². The van der Waals surface area contributed by atoms with Crippen molar-refractivity contribution < 1.29 is 0 Å². The van der Waals surface area contributed by atoms with Gasteiger partial charge in [0.2, 0.25) is 0 Å². The Morgan fingerprint density at radius 2 is 1.04 bits per heavy atom. The fraction of sp³-hybridized carbons (Fsp3) is 0.348. The maximum absolute atomic E-state index is 2.64. The Bertz CT molecular complexity index is 2020. The van der Waals surface area contributed by atoms with Gasteiger partial charge < -0.3 is 9.80 Å². The lowest BCUT2D eigenvalue weighted by Gasteiger charge is -2.45. The molecule has 0 spiro atoms. The fourth-order valence-electron chi connectivity index (χ4n) is 8.68. The molecule has 3 aliphatic rings. The van der Waals surface area contributed by atoms with E-state index < -0.39 is 0 Å². The van der Waals surface area contributed by atoms with E-state index in [2.05, 4.69) is 162 Å². The van der Waals surface area contributed by atoms with Gasteiger partial charge in [-0.05, 0) is 125 Å². The van der Waals surface area contributed by atoms with Crippen molar-refractivity contribution in [3.63, 3.8) is 0 Å². The van der Waals surface area contributed by atoms with Crippen LogP contribution in [0.15, 0.2) is 97.1 Å². The first-order chi connectivity index (χ1) is 23.4. The first-order valence-corrected chi connectivity index (χ1v) is 18.6. The van der Waals surface area contributed by atoms with Crippen LogP contribution in [0.2, 0.25) is 0 Å². The van der Waals surface area contributed by atoms with E-state index in [-0.39, 0.29) is 17.5 Å². The van der Waals surface area contributed by atoms with Crippen LogP contribution in [0.3, 0.4) is 0 Å². The summed E-state index contributed by atoms with van der Waals surface area (Å²) in [5, 5.41) is 0. The summed E-state index contributed by atoms with van der Waals surface area (Å²) >= 11 is 0. The van der Waals surface area contributed by atoms with E-state index in [0.29, 0.717) is 5.92 Å². The molecule has 1 aliphatic carbocycles. The molecule has 0 amide bonds. The van der Waals surface area contributed by atoms with Crippen LogP contribution in [0.5, 0.6) is 0 Å². The first-order valence-electron chi connectivity index (χ1n) is 18.6. The molecular weight excluding hydrogens is 591 g/mol. The molecule has 2 aliphatic heterocycles. The summed E-state index contributed by atoms with van der Waals surface area (Å²) in [4.78, 5) is 5.21. The van der Waals surface area contributed by atoms with Gasteiger partial charge in [-0.25, -0.2) is 0 Å². The van der Waals surface area contributed by atoms with Gasteiger partial charge in [0, 0.05) is 34.1 Å². The molecule has 8 rings (SSSR count). The minimum atomic E-state index is 0.0222. The summed E-state index contributed by atoms with van der Waals surface area (Å²) in [6.45, 7) is 18.8. The molecule has 0 bridgehead atoms. The molecule has 1 saturated carbocycles. The highest BCUT2D eigenvalue weighted by Crippen LogP contribution is 2.48. The Morgan fingerprint density at radius 1 is 0.531 bits per heavy atom. The second-order valence-corrected chi connectivity index (χ2v) is 17.1. The van der Waals surface area contributed by atoms with Crippen LogP contribution in [0.25, 0.3) is 0 Å². The predicted molar refractivity (Wildman–Crippen MR) is 213 cm³/mol. The molecular formula is C46H51BN2. The highest BCUT2D eigenvalue weighted by molar-refractivity contribution is 7.00. The van der Waals surface area contributed by atoms with E-state index in [1.54, 1.807) is 0 Å². The lowest BCUT2D eigenvalue weighted by Crippen LogP contribution is -2.61. The summed E-state index contributed by atoms with van der Waals surface area (Å²) in [7, 11) is 0. The largest absolute Gasteiger partial charge is 0.311 e. The minimum absolute atomic E-state index is 0.0222. The zero-order valence-corrected chi connectivity index (χ0v) is 30.8. The molecule has 2 nitrogen and oxygen atoms in total. The average molecular weight is 643 g/mol. The van der Waals surface area contributed by atoms with E-state index in [0.717, 1.165) is 0 Å². The topological polar surface area (TPSA) is 6.48 Å². The van der Waals surface area contributed by atoms with Crippen LogP contribution < -0.4 is 26.2 Å². The molecule has 0 unspecified atom stereocenters. The highest BCUT2D eigenvalue weighted by atomic mass is 15.2. The van der Waals surface area contributed by atoms with Crippen molar-refractivity contribution in [1.82, 2.24) is 0 Å². The van der Waals surface area contributed by atoms with Crippen LogP contribution >= 0.6 is 0 Å². The monoisotopic (exact) mass is 642 g/mol. The average Bonchev–Trinajstić information content (AvgIpc) is 3.08. The third kappa shape index (κ3) is 5.50. The van der Waals surface area contributed by atoms with Crippen molar-refractivity contribution in [2.24, 2.45) is 0 Å². The quantitative estimate of drug-likeness (QED) is 0.177. The van der Waals surface area contributed by atoms with E-state index >= 15 is 0 Å². The molecule has 0 saturated heterocycles.